The predicted molar refractivity (Wildman–Crippen MR) is 110 cm³/mol. The maximum absolute atomic E-state index is 11.5. The molecule has 0 heterocycles. The van der Waals surface area contributed by atoms with Crippen molar-refractivity contribution in [1.29, 1.82) is 0 Å². The molecular weight excluding hydrogens is 368 g/mol. The number of fused-ring (bicyclic) bond motifs is 5. The second-order valence-electron chi connectivity index (χ2n) is 11.4. The summed E-state index contributed by atoms with van der Waals surface area (Å²) >= 11 is 0. The number of aliphatic carboxylic acids is 1. The van der Waals surface area contributed by atoms with Gasteiger partial charge in [-0.05, 0) is 97.7 Å². The molecule has 0 aromatic carbocycles. The van der Waals surface area contributed by atoms with Gasteiger partial charge >= 0.3 is 5.97 Å². The minimum Gasteiger partial charge on any atom is -0.481 e. The highest BCUT2D eigenvalue weighted by molar-refractivity contribution is 5.66. The number of rotatable bonds is 4. The molecule has 9 unspecified atom stereocenters. The van der Waals surface area contributed by atoms with Crippen LogP contribution in [0.5, 0.6) is 0 Å². The Balaban J connectivity index is 1.61. The molecule has 0 aromatic rings. The number of aliphatic hydroxyl groups excluding tert-OH is 3. The highest BCUT2D eigenvalue weighted by atomic mass is 16.4. The normalized spacial score (nSPS) is 52.9. The van der Waals surface area contributed by atoms with Gasteiger partial charge < -0.3 is 20.4 Å². The van der Waals surface area contributed by atoms with Crippen LogP contribution in [0, 0.1) is 46.3 Å². The monoisotopic (exact) mass is 408 g/mol. The molecule has 5 heteroatoms. The summed E-state index contributed by atoms with van der Waals surface area (Å²) < 4.78 is 0. The van der Waals surface area contributed by atoms with E-state index in [9.17, 15) is 20.1 Å². The first-order valence-corrected chi connectivity index (χ1v) is 11.8. The van der Waals surface area contributed by atoms with Crippen LogP contribution in [0.1, 0.15) is 78.6 Å². The first-order chi connectivity index (χ1) is 13.6. The standard InChI is InChI=1S/C24H40O5/c1-13(4-7-21(28)29)16-5-6-17-22-18(12-20(27)24(16,17)3)23(2)9-8-15(25)10-14(23)11-19(22)26/h13-20,22,25-27H,4-12H2,1-3H3,(H,28,29)/t13-,14?,15-,16?,17?,18?,19?,20?,22?,23?,24?/m1/s1. The highest BCUT2D eigenvalue weighted by Crippen LogP contribution is 2.68. The zero-order chi connectivity index (χ0) is 21.1. The lowest BCUT2D eigenvalue weighted by Gasteiger charge is -2.63. The Morgan fingerprint density at radius 2 is 1.76 bits per heavy atom. The molecule has 0 amide bonds. The molecule has 0 bridgehead atoms. The third kappa shape index (κ3) is 3.27. The van der Waals surface area contributed by atoms with Crippen LogP contribution in [-0.2, 0) is 4.79 Å². The maximum Gasteiger partial charge on any atom is 0.303 e. The first-order valence-electron chi connectivity index (χ1n) is 11.8. The third-order valence-electron chi connectivity index (χ3n) is 10.3. The van der Waals surface area contributed by atoms with Crippen molar-refractivity contribution in [2.75, 3.05) is 0 Å². The molecular formula is C24H40O5. The summed E-state index contributed by atoms with van der Waals surface area (Å²) in [6.45, 7) is 6.72. The Morgan fingerprint density at radius 3 is 2.45 bits per heavy atom. The van der Waals surface area contributed by atoms with Gasteiger partial charge in [0.2, 0.25) is 0 Å². The van der Waals surface area contributed by atoms with Gasteiger partial charge in [0, 0.05) is 6.42 Å². The molecule has 0 saturated heterocycles. The Kier molecular flexibility index (Phi) is 5.57. The number of carbonyl (C=O) groups is 1. The molecule has 29 heavy (non-hydrogen) atoms. The van der Waals surface area contributed by atoms with Gasteiger partial charge in [0.1, 0.15) is 0 Å². The van der Waals surface area contributed by atoms with E-state index in [1.54, 1.807) is 0 Å². The fraction of sp³-hybridized carbons (Fsp3) is 0.958. The van der Waals surface area contributed by atoms with Crippen molar-refractivity contribution in [3.63, 3.8) is 0 Å². The van der Waals surface area contributed by atoms with E-state index in [0.29, 0.717) is 30.1 Å². The topological polar surface area (TPSA) is 98.0 Å². The molecule has 4 fully saturated rings. The molecule has 0 spiro atoms. The third-order valence-corrected chi connectivity index (χ3v) is 10.3. The number of carboxylic acid groups (broad SMARTS) is 1. The van der Waals surface area contributed by atoms with Crippen LogP contribution in [-0.4, -0.2) is 44.7 Å². The van der Waals surface area contributed by atoms with Gasteiger partial charge in [-0.1, -0.05) is 20.8 Å². The summed E-state index contributed by atoms with van der Waals surface area (Å²) in [4.78, 5) is 11.1. The molecule has 166 valence electrons. The maximum atomic E-state index is 11.5. The number of aliphatic hydroxyl groups is 3. The molecule has 5 nitrogen and oxygen atoms in total. The highest BCUT2D eigenvalue weighted by Gasteiger charge is 2.65. The SMILES string of the molecule is C[C@H](CCC(=O)O)C1CCC2C3C(O)CC4C[C@H](O)CCC4(C)C3CC(O)C21C. The molecule has 0 radical (unpaired) electrons. The van der Waals surface area contributed by atoms with Gasteiger partial charge in [0.15, 0.2) is 0 Å². The van der Waals surface area contributed by atoms with E-state index < -0.39 is 12.1 Å². The van der Waals surface area contributed by atoms with Gasteiger partial charge in [-0.2, -0.15) is 0 Å². The summed E-state index contributed by atoms with van der Waals surface area (Å²) in [6, 6.07) is 0. The molecule has 4 aliphatic carbocycles. The predicted octanol–water partition coefficient (Wildman–Crippen LogP) is 3.45. The van der Waals surface area contributed by atoms with E-state index in [1.165, 1.54) is 0 Å². The molecule has 0 aliphatic heterocycles. The van der Waals surface area contributed by atoms with Gasteiger partial charge in [0.05, 0.1) is 18.3 Å². The van der Waals surface area contributed by atoms with Crippen molar-refractivity contribution in [3.8, 4) is 0 Å². The Hall–Kier alpha value is -0.650. The first kappa shape index (κ1) is 21.6. The Labute approximate surface area is 174 Å². The van der Waals surface area contributed by atoms with Crippen LogP contribution in [0.25, 0.3) is 0 Å². The van der Waals surface area contributed by atoms with Crippen molar-refractivity contribution in [3.05, 3.63) is 0 Å². The van der Waals surface area contributed by atoms with Crippen LogP contribution in [0.4, 0.5) is 0 Å². The summed E-state index contributed by atoms with van der Waals surface area (Å²) in [5.74, 6) is 0.997. The quantitative estimate of drug-likeness (QED) is 0.571. The Morgan fingerprint density at radius 1 is 1.03 bits per heavy atom. The van der Waals surface area contributed by atoms with Crippen LogP contribution in [0.15, 0.2) is 0 Å². The average Bonchev–Trinajstić information content (AvgIpc) is 3.01. The van der Waals surface area contributed by atoms with Gasteiger partial charge in [-0.3, -0.25) is 4.79 Å². The van der Waals surface area contributed by atoms with Crippen molar-refractivity contribution < 1.29 is 25.2 Å². The summed E-state index contributed by atoms with van der Waals surface area (Å²) in [5, 5.41) is 42.0. The van der Waals surface area contributed by atoms with E-state index in [4.69, 9.17) is 5.11 Å². The lowest BCUT2D eigenvalue weighted by atomic mass is 9.43. The number of hydrogen-bond acceptors (Lipinski definition) is 4. The molecule has 4 rings (SSSR count). The fourth-order valence-corrected chi connectivity index (χ4v) is 8.68. The second kappa shape index (κ2) is 7.49. The molecule has 4 saturated carbocycles. The van der Waals surface area contributed by atoms with Gasteiger partial charge in [-0.15, -0.1) is 0 Å². The van der Waals surface area contributed by atoms with Crippen molar-refractivity contribution >= 4 is 5.97 Å². The van der Waals surface area contributed by atoms with Crippen LogP contribution in [0.2, 0.25) is 0 Å². The van der Waals surface area contributed by atoms with Crippen LogP contribution >= 0.6 is 0 Å². The zero-order valence-electron chi connectivity index (χ0n) is 18.3. The van der Waals surface area contributed by atoms with E-state index >= 15 is 0 Å². The van der Waals surface area contributed by atoms with E-state index in [1.807, 2.05) is 0 Å². The number of hydrogen-bond donors (Lipinski definition) is 4. The minimum absolute atomic E-state index is 0.0957. The number of carboxylic acids is 1. The smallest absolute Gasteiger partial charge is 0.303 e. The largest absolute Gasteiger partial charge is 0.481 e. The summed E-state index contributed by atoms with van der Waals surface area (Å²) in [5.41, 5.74) is -0.143. The van der Waals surface area contributed by atoms with E-state index in [0.717, 1.165) is 44.9 Å². The molecule has 4 N–H and O–H groups in total. The van der Waals surface area contributed by atoms with Crippen molar-refractivity contribution in [2.24, 2.45) is 46.3 Å². The second-order valence-corrected chi connectivity index (χ2v) is 11.4. The van der Waals surface area contributed by atoms with E-state index in [-0.39, 0.29) is 41.3 Å². The van der Waals surface area contributed by atoms with Crippen LogP contribution in [0.3, 0.4) is 0 Å². The summed E-state index contributed by atoms with van der Waals surface area (Å²) in [7, 11) is 0. The molecule has 4 aliphatic rings. The average molecular weight is 409 g/mol. The van der Waals surface area contributed by atoms with Crippen molar-refractivity contribution in [1.82, 2.24) is 0 Å². The van der Waals surface area contributed by atoms with E-state index in [2.05, 4.69) is 20.8 Å². The van der Waals surface area contributed by atoms with Gasteiger partial charge in [-0.25, -0.2) is 0 Å². The summed E-state index contributed by atoms with van der Waals surface area (Å²) in [6.07, 6.45) is 6.00. The minimum atomic E-state index is -0.748. The fourth-order valence-electron chi connectivity index (χ4n) is 8.68. The lowest BCUT2D eigenvalue weighted by molar-refractivity contribution is -0.207. The van der Waals surface area contributed by atoms with Gasteiger partial charge in [0.25, 0.3) is 0 Å². The Bertz CT molecular complexity index is 637. The molecule has 11 atom stereocenters. The van der Waals surface area contributed by atoms with Crippen molar-refractivity contribution in [2.45, 2.75) is 96.9 Å². The molecule has 0 aromatic heterocycles. The zero-order valence-corrected chi connectivity index (χ0v) is 18.3. The lowest BCUT2D eigenvalue weighted by Crippen LogP contribution is -2.62. The van der Waals surface area contributed by atoms with Crippen LogP contribution < -0.4 is 0 Å².